The number of benzene rings is 1. The van der Waals surface area contributed by atoms with Crippen LogP contribution >= 0.6 is 15.9 Å². The summed E-state index contributed by atoms with van der Waals surface area (Å²) in [6.45, 7) is 3.95. The third-order valence-corrected chi connectivity index (χ3v) is 6.17. The number of halogens is 1. The molecule has 1 heterocycles. The summed E-state index contributed by atoms with van der Waals surface area (Å²) >= 11 is 3.31. The van der Waals surface area contributed by atoms with Gasteiger partial charge in [-0.05, 0) is 6.07 Å². The molecule has 1 saturated heterocycles. The molecule has 0 aliphatic carbocycles. The Kier molecular flexibility index (Phi) is 10.6. The number of nitrogens with zero attached hydrogens (tertiary/aromatic N) is 5. The molecule has 12 nitrogen and oxygen atoms in total. The molecule has 0 bridgehead atoms. The molecule has 0 spiro atoms. The number of carbonyl (C=O) groups is 1. The molecule has 0 atom stereocenters. The number of rotatable bonds is 12. The van der Waals surface area contributed by atoms with Gasteiger partial charge >= 0.3 is 0 Å². The lowest BCUT2D eigenvalue weighted by atomic mass is 10.0. The van der Waals surface area contributed by atoms with E-state index in [1.807, 2.05) is 6.07 Å². The molecule has 1 amide bonds. The van der Waals surface area contributed by atoms with E-state index in [2.05, 4.69) is 20.8 Å². The second kappa shape index (κ2) is 13.0. The number of nitriles is 1. The van der Waals surface area contributed by atoms with Gasteiger partial charge in [-0.15, -0.1) is 0 Å². The van der Waals surface area contributed by atoms with Crippen LogP contribution in [0.1, 0.15) is 15.9 Å². The molecule has 34 heavy (non-hydrogen) atoms. The Hall–Kier alpha value is -2.31. The number of nitro groups is 1. The van der Waals surface area contributed by atoms with Gasteiger partial charge in [0, 0.05) is 57.7 Å². The minimum absolute atomic E-state index is 0.000439. The summed E-state index contributed by atoms with van der Waals surface area (Å²) in [5, 5.41) is 21.8. The van der Waals surface area contributed by atoms with Crippen LogP contribution in [0.4, 0.5) is 11.4 Å². The molecule has 0 aromatic heterocycles. The molecular weight excluding hydrogens is 534 g/mol. The van der Waals surface area contributed by atoms with Crippen molar-refractivity contribution in [2.75, 3.05) is 82.6 Å². The quantitative estimate of drug-likeness (QED) is 0.157. The van der Waals surface area contributed by atoms with Crippen molar-refractivity contribution in [3.05, 3.63) is 33.4 Å². The fourth-order valence-corrected chi connectivity index (χ4v) is 4.23. The Labute approximate surface area is 207 Å². The van der Waals surface area contributed by atoms with Crippen molar-refractivity contribution in [2.45, 2.75) is 0 Å². The van der Waals surface area contributed by atoms with Crippen molar-refractivity contribution in [3.8, 4) is 6.07 Å². The first-order chi connectivity index (χ1) is 16.1. The largest absolute Gasteiger partial charge is 0.379 e. The molecule has 1 aliphatic heterocycles. The monoisotopic (exact) mass is 561 g/mol. The predicted molar refractivity (Wildman–Crippen MR) is 129 cm³/mol. The molecule has 0 saturated carbocycles. The highest BCUT2D eigenvalue weighted by Gasteiger charge is 2.28. The Balaban J connectivity index is 2.33. The van der Waals surface area contributed by atoms with Gasteiger partial charge in [0.2, 0.25) is 0 Å². The number of hydrogen-bond donors (Lipinski definition) is 0. The van der Waals surface area contributed by atoms with Gasteiger partial charge in [0.15, 0.2) is 0 Å². The summed E-state index contributed by atoms with van der Waals surface area (Å²) in [6.07, 6.45) is 0.929. The summed E-state index contributed by atoms with van der Waals surface area (Å²) in [6, 6.07) is 4.34. The highest BCUT2D eigenvalue weighted by molar-refractivity contribution is 9.09. The molecule has 1 aromatic carbocycles. The van der Waals surface area contributed by atoms with Gasteiger partial charge in [-0.1, -0.05) is 15.9 Å². The fraction of sp³-hybridized carbons (Fsp3) is 0.600. The van der Waals surface area contributed by atoms with Crippen LogP contribution in [-0.2, 0) is 19.0 Å². The Bertz CT molecular complexity index is 1020. The van der Waals surface area contributed by atoms with E-state index in [1.54, 1.807) is 11.9 Å². The lowest BCUT2D eigenvalue weighted by molar-refractivity contribution is -0.385. The molecule has 0 radical (unpaired) electrons. The smallest absolute Gasteiger partial charge is 0.283 e. The maximum absolute atomic E-state index is 13.2. The molecule has 0 N–H and O–H groups in total. The van der Waals surface area contributed by atoms with E-state index < -0.39 is 26.6 Å². The van der Waals surface area contributed by atoms with Crippen molar-refractivity contribution in [2.24, 2.45) is 0 Å². The normalized spacial score (nSPS) is 14.4. The number of hydrogen-bond acceptors (Lipinski definition) is 10. The van der Waals surface area contributed by atoms with Gasteiger partial charge in [-0.2, -0.15) is 13.7 Å². The highest BCUT2D eigenvalue weighted by atomic mass is 79.9. The summed E-state index contributed by atoms with van der Waals surface area (Å²) in [5.74, 6) is -0.545. The first-order valence-corrected chi connectivity index (χ1v) is 13.4. The van der Waals surface area contributed by atoms with Crippen molar-refractivity contribution in [3.63, 3.8) is 0 Å². The zero-order chi connectivity index (χ0) is 25.3. The van der Waals surface area contributed by atoms with Gasteiger partial charge in [-0.25, -0.2) is 0 Å². The van der Waals surface area contributed by atoms with Crippen LogP contribution in [0.25, 0.3) is 0 Å². The minimum atomic E-state index is -3.66. The molecule has 188 valence electrons. The lowest BCUT2D eigenvalue weighted by Gasteiger charge is -2.29. The third kappa shape index (κ3) is 8.17. The number of carbonyl (C=O) groups excluding carboxylic acids is 1. The molecule has 1 aliphatic rings. The summed E-state index contributed by atoms with van der Waals surface area (Å²) < 4.78 is 32.7. The molecule has 2 rings (SSSR count). The number of anilines is 1. The van der Waals surface area contributed by atoms with E-state index >= 15 is 0 Å². The Morgan fingerprint density at radius 3 is 2.56 bits per heavy atom. The highest BCUT2D eigenvalue weighted by Crippen LogP contribution is 2.30. The Morgan fingerprint density at radius 1 is 1.32 bits per heavy atom. The second-order valence-corrected chi connectivity index (χ2v) is 10.1. The van der Waals surface area contributed by atoms with Crippen LogP contribution in [0.15, 0.2) is 12.1 Å². The van der Waals surface area contributed by atoms with Crippen molar-refractivity contribution in [1.82, 2.24) is 9.80 Å². The van der Waals surface area contributed by atoms with Crippen molar-refractivity contribution < 1.29 is 27.1 Å². The summed E-state index contributed by atoms with van der Waals surface area (Å²) in [7, 11) is -2.09. The zero-order valence-corrected chi connectivity index (χ0v) is 21.5. The lowest BCUT2D eigenvalue weighted by Crippen LogP contribution is -2.42. The van der Waals surface area contributed by atoms with E-state index in [4.69, 9.17) is 8.92 Å². The molecule has 0 unspecified atom stereocenters. The number of morpholine rings is 1. The average Bonchev–Trinajstić information content (AvgIpc) is 2.80. The van der Waals surface area contributed by atoms with E-state index in [-0.39, 0.29) is 30.0 Å². The summed E-state index contributed by atoms with van der Waals surface area (Å²) in [4.78, 5) is 29.4. The predicted octanol–water partition coefficient (Wildman–Crippen LogP) is 1.05. The van der Waals surface area contributed by atoms with Gasteiger partial charge in [-0.3, -0.25) is 24.0 Å². The van der Waals surface area contributed by atoms with Crippen LogP contribution < -0.4 is 4.90 Å². The Morgan fingerprint density at radius 2 is 2.00 bits per heavy atom. The molecule has 1 fully saturated rings. The van der Waals surface area contributed by atoms with Crippen molar-refractivity contribution >= 4 is 43.3 Å². The summed E-state index contributed by atoms with van der Waals surface area (Å²) in [5.41, 5.74) is -0.323. The first-order valence-electron chi connectivity index (χ1n) is 10.5. The van der Waals surface area contributed by atoms with E-state index in [1.165, 1.54) is 11.0 Å². The maximum Gasteiger partial charge on any atom is 0.283 e. The van der Waals surface area contributed by atoms with Crippen LogP contribution in [0.5, 0.6) is 0 Å². The first kappa shape index (κ1) is 27.9. The maximum atomic E-state index is 13.2. The number of ether oxygens (including phenoxy) is 1. The third-order valence-electron chi connectivity index (χ3n) is 5.22. The van der Waals surface area contributed by atoms with Gasteiger partial charge in [0.25, 0.3) is 21.7 Å². The van der Waals surface area contributed by atoms with Gasteiger partial charge in [0.05, 0.1) is 42.3 Å². The molecule has 1 aromatic rings. The fourth-order valence-electron chi connectivity index (χ4n) is 3.43. The minimum Gasteiger partial charge on any atom is -0.379 e. The zero-order valence-electron chi connectivity index (χ0n) is 19.1. The van der Waals surface area contributed by atoms with Crippen LogP contribution in [0.2, 0.25) is 0 Å². The van der Waals surface area contributed by atoms with Gasteiger partial charge < -0.3 is 14.5 Å². The topological polar surface area (TPSA) is 146 Å². The molecule has 14 heteroatoms. The van der Waals surface area contributed by atoms with E-state index in [9.17, 15) is 28.6 Å². The van der Waals surface area contributed by atoms with Gasteiger partial charge in [0.1, 0.15) is 11.6 Å². The SMILES string of the molecule is CN(CCN1CCOCC1)C(=O)c1cc(N(CCBr)CCOS(C)(=O)=O)c(C#N)cc1[N+](=O)[O-]. The van der Waals surface area contributed by atoms with Crippen LogP contribution in [0.3, 0.4) is 0 Å². The number of amides is 1. The molecular formula is C20H28BrN5O7S. The van der Waals surface area contributed by atoms with E-state index in [0.29, 0.717) is 38.2 Å². The second-order valence-electron chi connectivity index (χ2n) is 7.64. The van der Waals surface area contributed by atoms with Crippen LogP contribution in [0, 0.1) is 21.4 Å². The average molecular weight is 562 g/mol. The standard InChI is InChI=1S/C20H28BrN5O7S/c1-23(5-6-24-7-10-32-11-8-24)20(27)17-14-18(16(15-22)13-19(17)26(28)29)25(4-3-21)9-12-33-34(2,30)31/h13-14H,3-12H2,1-2H3. The van der Waals surface area contributed by atoms with Crippen LogP contribution in [-0.4, -0.2) is 107 Å². The van der Waals surface area contributed by atoms with Crippen molar-refractivity contribution in [1.29, 1.82) is 5.26 Å². The van der Waals surface area contributed by atoms with E-state index in [0.717, 1.165) is 25.4 Å². The number of likely N-dealkylation sites (N-methyl/N-ethyl adjacent to an activating group) is 1. The number of nitro benzene ring substituents is 1. The number of alkyl halides is 1.